The smallest absolute Gasteiger partial charge is 0.248 e. The molecule has 1 saturated heterocycles. The molecule has 1 aliphatic heterocycles. The highest BCUT2D eigenvalue weighted by molar-refractivity contribution is 5.78. The van der Waals surface area contributed by atoms with Gasteiger partial charge < -0.3 is 14.4 Å². The molecule has 23 heavy (non-hydrogen) atoms. The van der Waals surface area contributed by atoms with Crippen molar-refractivity contribution in [2.45, 2.75) is 19.4 Å². The highest BCUT2D eigenvalue weighted by Crippen LogP contribution is 2.22. The molecule has 0 bridgehead atoms. The number of hydrogen-bond donors (Lipinski definition) is 0. The molecule has 1 fully saturated rings. The first-order chi connectivity index (χ1) is 11.3. The molecule has 1 heterocycles. The zero-order valence-electron chi connectivity index (χ0n) is 13.3. The lowest BCUT2D eigenvalue weighted by Gasteiger charge is -2.34. The van der Waals surface area contributed by atoms with Gasteiger partial charge in [-0.15, -0.1) is 0 Å². The van der Waals surface area contributed by atoms with Crippen LogP contribution >= 0.6 is 0 Å². The average molecular weight is 311 g/mol. The number of carbonyl (C=O) groups is 1. The van der Waals surface area contributed by atoms with Gasteiger partial charge in [-0.3, -0.25) is 4.79 Å². The van der Waals surface area contributed by atoms with Gasteiger partial charge in [0.05, 0.1) is 12.6 Å². The van der Waals surface area contributed by atoms with Crippen molar-refractivity contribution >= 4 is 5.91 Å². The summed E-state index contributed by atoms with van der Waals surface area (Å²) in [6.07, 6.45) is 0.797. The minimum atomic E-state index is 0.0766. The van der Waals surface area contributed by atoms with Crippen LogP contribution in [0.25, 0.3) is 0 Å². The molecule has 1 atom stereocenters. The van der Waals surface area contributed by atoms with Crippen molar-refractivity contribution < 1.29 is 14.3 Å². The standard InChI is InChI=1S/C19H21NO3/c1-2-20-16(13-22-14-19(20)21)12-15-8-10-18(11-9-15)23-17-6-4-3-5-7-17/h3-11,16H,2,12-14H2,1H3. The highest BCUT2D eigenvalue weighted by Gasteiger charge is 2.27. The quantitative estimate of drug-likeness (QED) is 0.850. The van der Waals surface area contributed by atoms with Gasteiger partial charge in [0, 0.05) is 6.54 Å². The predicted octanol–water partition coefficient (Wildman–Crippen LogP) is 3.27. The van der Waals surface area contributed by atoms with Gasteiger partial charge in [0.2, 0.25) is 5.91 Å². The Morgan fingerprint density at radius 3 is 2.48 bits per heavy atom. The molecule has 4 nitrogen and oxygen atoms in total. The van der Waals surface area contributed by atoms with E-state index in [-0.39, 0.29) is 18.6 Å². The number of amides is 1. The number of hydrogen-bond acceptors (Lipinski definition) is 3. The van der Waals surface area contributed by atoms with Crippen LogP contribution in [0.5, 0.6) is 11.5 Å². The fourth-order valence-corrected chi connectivity index (χ4v) is 2.85. The minimum Gasteiger partial charge on any atom is -0.457 e. The van der Waals surface area contributed by atoms with Gasteiger partial charge in [-0.05, 0) is 43.2 Å². The number of benzene rings is 2. The Balaban J connectivity index is 1.64. The zero-order chi connectivity index (χ0) is 16.1. The molecular formula is C19H21NO3. The van der Waals surface area contributed by atoms with E-state index < -0.39 is 0 Å². The first-order valence-corrected chi connectivity index (χ1v) is 7.95. The van der Waals surface area contributed by atoms with E-state index in [1.54, 1.807) is 0 Å². The van der Waals surface area contributed by atoms with Crippen molar-refractivity contribution in [3.05, 3.63) is 60.2 Å². The monoisotopic (exact) mass is 311 g/mol. The molecule has 1 amide bonds. The Hall–Kier alpha value is -2.33. The van der Waals surface area contributed by atoms with Crippen LogP contribution in [0.2, 0.25) is 0 Å². The maximum Gasteiger partial charge on any atom is 0.248 e. The van der Waals surface area contributed by atoms with E-state index in [2.05, 4.69) is 0 Å². The number of likely N-dealkylation sites (N-methyl/N-ethyl adjacent to an activating group) is 1. The number of morpholine rings is 1. The van der Waals surface area contributed by atoms with E-state index in [0.717, 1.165) is 24.5 Å². The van der Waals surface area contributed by atoms with E-state index in [4.69, 9.17) is 9.47 Å². The Kier molecular flexibility index (Phi) is 4.93. The normalized spacial score (nSPS) is 18.0. The molecule has 0 radical (unpaired) electrons. The van der Waals surface area contributed by atoms with Gasteiger partial charge in [0.15, 0.2) is 0 Å². The van der Waals surface area contributed by atoms with Crippen molar-refractivity contribution in [2.24, 2.45) is 0 Å². The van der Waals surface area contributed by atoms with Crippen molar-refractivity contribution in [2.75, 3.05) is 19.8 Å². The first kappa shape index (κ1) is 15.6. The summed E-state index contributed by atoms with van der Waals surface area (Å²) in [7, 11) is 0. The lowest BCUT2D eigenvalue weighted by atomic mass is 10.0. The summed E-state index contributed by atoms with van der Waals surface area (Å²) in [6.45, 7) is 3.53. The zero-order valence-corrected chi connectivity index (χ0v) is 13.3. The molecule has 1 aliphatic rings. The van der Waals surface area contributed by atoms with Gasteiger partial charge in [0.25, 0.3) is 0 Å². The van der Waals surface area contributed by atoms with Crippen LogP contribution in [0.15, 0.2) is 54.6 Å². The largest absolute Gasteiger partial charge is 0.457 e. The van der Waals surface area contributed by atoms with Crippen LogP contribution < -0.4 is 4.74 Å². The second-order valence-electron chi connectivity index (χ2n) is 5.61. The molecule has 1 unspecified atom stereocenters. The summed E-state index contributed by atoms with van der Waals surface area (Å²) in [5.74, 6) is 1.71. The molecule has 4 heteroatoms. The fraction of sp³-hybridized carbons (Fsp3) is 0.316. The van der Waals surface area contributed by atoms with E-state index in [1.165, 1.54) is 5.56 Å². The Morgan fingerprint density at radius 2 is 1.78 bits per heavy atom. The summed E-state index contributed by atoms with van der Waals surface area (Å²) >= 11 is 0. The van der Waals surface area contributed by atoms with Crippen LogP contribution in [0.3, 0.4) is 0 Å². The molecular weight excluding hydrogens is 290 g/mol. The van der Waals surface area contributed by atoms with Crippen molar-refractivity contribution in [3.8, 4) is 11.5 Å². The molecule has 2 aromatic rings. The molecule has 120 valence electrons. The summed E-state index contributed by atoms with van der Waals surface area (Å²) in [6, 6.07) is 17.8. The molecule has 0 spiro atoms. The molecule has 0 N–H and O–H groups in total. The lowest BCUT2D eigenvalue weighted by molar-refractivity contribution is -0.147. The van der Waals surface area contributed by atoms with Crippen molar-refractivity contribution in [1.82, 2.24) is 4.90 Å². The number of nitrogens with zero attached hydrogens (tertiary/aromatic N) is 1. The third-order valence-corrected chi connectivity index (χ3v) is 4.01. The summed E-state index contributed by atoms with van der Waals surface area (Å²) in [5, 5.41) is 0. The van der Waals surface area contributed by atoms with Crippen LogP contribution in [0, 0.1) is 0 Å². The van der Waals surface area contributed by atoms with Crippen LogP contribution in [-0.2, 0) is 16.0 Å². The molecule has 0 saturated carbocycles. The number of ether oxygens (including phenoxy) is 2. The Labute approximate surface area is 136 Å². The minimum absolute atomic E-state index is 0.0766. The maximum absolute atomic E-state index is 11.9. The topological polar surface area (TPSA) is 38.8 Å². The van der Waals surface area contributed by atoms with E-state index in [9.17, 15) is 4.79 Å². The van der Waals surface area contributed by atoms with Gasteiger partial charge >= 0.3 is 0 Å². The fourth-order valence-electron chi connectivity index (χ4n) is 2.85. The van der Waals surface area contributed by atoms with Gasteiger partial charge in [-0.25, -0.2) is 0 Å². The summed E-state index contributed by atoms with van der Waals surface area (Å²) in [5.41, 5.74) is 1.17. The van der Waals surface area contributed by atoms with Crippen LogP contribution in [-0.4, -0.2) is 36.6 Å². The molecule has 3 rings (SSSR count). The second-order valence-corrected chi connectivity index (χ2v) is 5.61. The van der Waals surface area contributed by atoms with Gasteiger partial charge in [0.1, 0.15) is 18.1 Å². The summed E-state index contributed by atoms with van der Waals surface area (Å²) < 4.78 is 11.2. The second kappa shape index (κ2) is 7.29. The lowest BCUT2D eigenvalue weighted by Crippen LogP contribution is -2.50. The Bertz CT molecular complexity index is 639. The summed E-state index contributed by atoms with van der Waals surface area (Å²) in [4.78, 5) is 13.8. The van der Waals surface area contributed by atoms with Crippen molar-refractivity contribution in [1.29, 1.82) is 0 Å². The van der Waals surface area contributed by atoms with E-state index in [1.807, 2.05) is 66.4 Å². The SMILES string of the molecule is CCN1C(=O)COCC1Cc1ccc(Oc2ccccc2)cc1. The van der Waals surface area contributed by atoms with E-state index in [0.29, 0.717) is 6.61 Å². The average Bonchev–Trinajstić information content (AvgIpc) is 2.58. The molecule has 2 aromatic carbocycles. The number of carbonyl (C=O) groups excluding carboxylic acids is 1. The van der Waals surface area contributed by atoms with Gasteiger partial charge in [-0.2, -0.15) is 0 Å². The van der Waals surface area contributed by atoms with E-state index >= 15 is 0 Å². The number of para-hydroxylation sites is 1. The van der Waals surface area contributed by atoms with Crippen LogP contribution in [0.4, 0.5) is 0 Å². The van der Waals surface area contributed by atoms with Crippen molar-refractivity contribution in [3.63, 3.8) is 0 Å². The third-order valence-electron chi connectivity index (χ3n) is 4.01. The Morgan fingerprint density at radius 1 is 1.09 bits per heavy atom. The third kappa shape index (κ3) is 3.90. The highest BCUT2D eigenvalue weighted by atomic mass is 16.5. The predicted molar refractivity (Wildman–Crippen MR) is 88.7 cm³/mol. The first-order valence-electron chi connectivity index (χ1n) is 7.95. The van der Waals surface area contributed by atoms with Crippen LogP contribution in [0.1, 0.15) is 12.5 Å². The molecule has 0 aliphatic carbocycles. The number of rotatable bonds is 5. The van der Waals surface area contributed by atoms with Gasteiger partial charge in [-0.1, -0.05) is 30.3 Å². The molecule has 0 aromatic heterocycles. The maximum atomic E-state index is 11.9.